The number of amides is 3. The van der Waals surface area contributed by atoms with Gasteiger partial charge >= 0.3 is 26.2 Å². The smallest absolute Gasteiger partial charge is 0.479 e. The number of carboxylic acids is 1. The number of esters is 2. The molecule has 2 unspecified atom stereocenters. The summed E-state index contributed by atoms with van der Waals surface area (Å²) in [4.78, 5) is 94.2. The first-order valence-corrected chi connectivity index (χ1v) is 32.4. The lowest BCUT2D eigenvalue weighted by Crippen LogP contribution is -2.64. The zero-order chi connectivity index (χ0) is 64.6. The molecule has 1 fully saturated rings. The van der Waals surface area contributed by atoms with Gasteiger partial charge in [0.2, 0.25) is 17.7 Å². The number of aliphatic hydroxyl groups excluding tert-OH is 4. The number of rotatable bonds is 49. The summed E-state index contributed by atoms with van der Waals surface area (Å²) in [6.07, 6.45) is 25.5. The molecular weight excluding hydrogens is 1130 g/mol. The maximum absolute atomic E-state index is 13.3. The van der Waals surface area contributed by atoms with Crippen LogP contribution in [0.4, 0.5) is 0 Å². The Balaban J connectivity index is 0. The molecule has 85 heavy (non-hydrogen) atoms. The molecule has 3 amide bonds. The van der Waals surface area contributed by atoms with Gasteiger partial charge in [-0.15, -0.1) is 9.42 Å². The van der Waals surface area contributed by atoms with Crippen molar-refractivity contribution >= 4 is 49.7 Å². The Labute approximate surface area is 507 Å². The molecule has 1 aliphatic rings. The number of hydrogen-bond donors (Lipinski definition) is 11. The number of nitrogens with one attached hydrogen (secondary N) is 1. The third-order valence-electron chi connectivity index (χ3n) is 14.6. The quantitative estimate of drug-likeness (QED) is 0.0154. The molecule has 0 aromatic heterocycles. The summed E-state index contributed by atoms with van der Waals surface area (Å²) in [7, 11) is -2.44. The van der Waals surface area contributed by atoms with Crippen LogP contribution in [0, 0.1) is 0 Å². The molecule has 15 N–H and O–H groups in total. The Kier molecular flexibility index (Phi) is 51.0. The summed E-state index contributed by atoms with van der Waals surface area (Å²) in [6.45, 7) is 8.19. The molecule has 1 heterocycles. The van der Waals surface area contributed by atoms with Gasteiger partial charge < -0.3 is 77.6 Å². The summed E-state index contributed by atoms with van der Waals surface area (Å²) < 4.78 is 35.1. The molecule has 1 saturated heterocycles. The summed E-state index contributed by atoms with van der Waals surface area (Å²) in [5.41, 5.74) is 19.2. The van der Waals surface area contributed by atoms with Crippen LogP contribution in [0.1, 0.15) is 234 Å². The SMILES string of the molecule is CC(=O)[C@](C)(C(=O)O)N(CC(C)O[C@@H]1[C@@H](N)[C@@H](O)O[C@H](CO)[C@H]1O)C(=O)CC[C@@H](NC(=O)[C@H](C)N)C(N)=O.CCCCCCCCCCCCCCCC(=O)OC[C@H](CO)OC(=O)CCCCCCCCCCCCCCC.NCCO[P+](=O)O. The molecule has 0 radical (unpaired) electrons. The van der Waals surface area contributed by atoms with Gasteiger partial charge in [0, 0.05) is 36.9 Å². The zero-order valence-corrected chi connectivity index (χ0v) is 53.2. The second-order valence-electron chi connectivity index (χ2n) is 22.3. The van der Waals surface area contributed by atoms with Crippen LogP contribution in [0.2, 0.25) is 0 Å². The van der Waals surface area contributed by atoms with E-state index in [-0.39, 0.29) is 44.7 Å². The Morgan fingerprint density at radius 2 is 1.18 bits per heavy atom. The molecule has 498 valence electrons. The van der Waals surface area contributed by atoms with Crippen LogP contribution in [0.5, 0.6) is 0 Å². The highest BCUT2D eigenvalue weighted by molar-refractivity contribution is 7.32. The number of ketones is 1. The Morgan fingerprint density at radius 1 is 0.729 bits per heavy atom. The van der Waals surface area contributed by atoms with Crippen LogP contribution in [-0.2, 0) is 61.6 Å². The molecule has 0 aromatic carbocycles. The van der Waals surface area contributed by atoms with Gasteiger partial charge in [-0.1, -0.05) is 168 Å². The highest BCUT2D eigenvalue weighted by Crippen LogP contribution is 2.26. The zero-order valence-electron chi connectivity index (χ0n) is 52.3. The van der Waals surface area contributed by atoms with E-state index in [9.17, 15) is 63.7 Å². The van der Waals surface area contributed by atoms with Gasteiger partial charge in [-0.2, -0.15) is 0 Å². The lowest BCUT2D eigenvalue weighted by Gasteiger charge is -2.43. The van der Waals surface area contributed by atoms with Crippen LogP contribution >= 0.6 is 8.25 Å². The van der Waals surface area contributed by atoms with Crippen molar-refractivity contribution in [1.29, 1.82) is 0 Å². The predicted octanol–water partition coefficient (Wildman–Crippen LogP) is 5.52. The first kappa shape index (κ1) is 83.2. The van der Waals surface area contributed by atoms with Crippen molar-refractivity contribution in [2.45, 2.75) is 295 Å². The molecule has 0 saturated carbocycles. The maximum atomic E-state index is 13.3. The van der Waals surface area contributed by atoms with Gasteiger partial charge in [-0.25, -0.2) is 4.79 Å². The van der Waals surface area contributed by atoms with Gasteiger partial charge in [0.15, 0.2) is 23.7 Å². The largest absolute Gasteiger partial charge is 0.694 e. The first-order valence-electron chi connectivity index (χ1n) is 31.3. The standard InChI is InChI=1S/C35H68O5.C22H39N5O11.C2H6NO3P/c1-3-5-7-9-11-13-15-17-19-21-23-25-27-29-34(37)39-32-33(31-36)40-35(38)30-28-26-24-22-20-18-16-14-12-10-8-6-4-2;1-9(37-17-15(24)20(34)38-13(8-28)16(17)31)7-27(22(4,11(3)29)21(35)36)14(30)6-5-12(18(25)32)26-19(33)10(2)23;3-1-2-6-7(4)5/h33,36H,3-32H2,1-2H3;9-10,12-13,15-17,20,28,31,34H,5-8,23-24H2,1-4H3,(H2,25,32)(H,26,33)(H,35,36);1-3H2/p+1/t33-;9?,10-,12+,13+,15+,16+,17+,20-,22+;/m00./s1. The molecule has 25 nitrogen and oxygen atoms in total. The molecule has 0 bridgehead atoms. The van der Waals surface area contributed by atoms with Gasteiger partial charge in [0.05, 0.1) is 31.4 Å². The lowest BCUT2D eigenvalue weighted by atomic mass is 9.93. The summed E-state index contributed by atoms with van der Waals surface area (Å²) >= 11 is 0. The van der Waals surface area contributed by atoms with E-state index < -0.39 is 118 Å². The first-order chi connectivity index (χ1) is 40.4. The van der Waals surface area contributed by atoms with Crippen molar-refractivity contribution in [3.63, 3.8) is 0 Å². The van der Waals surface area contributed by atoms with Crippen LogP contribution in [0.25, 0.3) is 0 Å². The van der Waals surface area contributed by atoms with Crippen molar-refractivity contribution in [3.8, 4) is 0 Å². The molecule has 0 spiro atoms. The second-order valence-corrected chi connectivity index (χ2v) is 23.0. The topological polar surface area (TPSA) is 423 Å². The van der Waals surface area contributed by atoms with E-state index in [2.05, 4.69) is 23.7 Å². The predicted molar refractivity (Wildman–Crippen MR) is 322 cm³/mol. The number of primary amides is 1. The third-order valence-corrected chi connectivity index (χ3v) is 15.0. The van der Waals surface area contributed by atoms with Gasteiger partial charge in [0.1, 0.15) is 37.6 Å². The van der Waals surface area contributed by atoms with Crippen LogP contribution < -0.4 is 28.3 Å². The van der Waals surface area contributed by atoms with E-state index in [1.807, 2.05) is 0 Å². The number of carboxylic acid groups (broad SMARTS) is 1. The fraction of sp³-hybridized carbons (Fsp3) is 0.881. The Morgan fingerprint density at radius 3 is 1.54 bits per heavy atom. The number of aliphatic hydroxyl groups is 4. The molecular formula is C59H114N6O19P+. The van der Waals surface area contributed by atoms with Gasteiger partial charge in [-0.05, 0) is 47.0 Å². The Bertz CT molecular complexity index is 1810. The lowest BCUT2D eigenvalue weighted by molar-refractivity contribution is -0.263. The van der Waals surface area contributed by atoms with Gasteiger partial charge in [0.25, 0.3) is 0 Å². The van der Waals surface area contributed by atoms with E-state index in [1.54, 1.807) is 0 Å². The number of nitrogens with two attached hydrogens (primary N) is 4. The molecule has 0 aromatic rings. The highest BCUT2D eigenvalue weighted by Gasteiger charge is 2.49. The average molecular weight is 1240 g/mol. The number of ether oxygens (including phenoxy) is 4. The number of nitrogens with zero attached hydrogens (tertiary/aromatic N) is 1. The van der Waals surface area contributed by atoms with Crippen molar-refractivity contribution < 1.29 is 92.0 Å². The molecule has 11 atom stereocenters. The minimum Gasteiger partial charge on any atom is -0.479 e. The second kappa shape index (κ2) is 52.1. The van der Waals surface area contributed by atoms with Crippen molar-refractivity contribution in [2.24, 2.45) is 22.9 Å². The summed E-state index contributed by atoms with van der Waals surface area (Å²) in [6, 6.07) is -3.53. The van der Waals surface area contributed by atoms with Crippen LogP contribution in [0.3, 0.4) is 0 Å². The fourth-order valence-electron chi connectivity index (χ4n) is 9.16. The van der Waals surface area contributed by atoms with E-state index in [0.29, 0.717) is 12.8 Å². The Hall–Kier alpha value is -3.85. The minimum absolute atomic E-state index is 0.0574. The van der Waals surface area contributed by atoms with Gasteiger partial charge in [-0.3, -0.25) is 28.8 Å². The van der Waals surface area contributed by atoms with Crippen molar-refractivity contribution in [2.75, 3.05) is 39.5 Å². The molecule has 26 heteroatoms. The van der Waals surface area contributed by atoms with Crippen LogP contribution in [0.15, 0.2) is 0 Å². The molecule has 0 aliphatic carbocycles. The van der Waals surface area contributed by atoms with E-state index in [0.717, 1.165) is 50.9 Å². The molecule has 1 rings (SSSR count). The number of carbonyl (C=O) groups excluding carboxylic acids is 6. The number of Topliss-reactive ketones (excluding diaryl/α,β-unsaturated/α-hetero) is 1. The highest BCUT2D eigenvalue weighted by atomic mass is 31.1. The number of unbranched alkanes of at least 4 members (excludes halogenated alkanes) is 24. The third kappa shape index (κ3) is 40.3. The van der Waals surface area contributed by atoms with E-state index in [4.69, 9.17) is 46.8 Å². The van der Waals surface area contributed by atoms with Crippen LogP contribution in [-0.4, -0.2) is 177 Å². The van der Waals surface area contributed by atoms with E-state index >= 15 is 0 Å². The average Bonchev–Trinajstić information content (AvgIpc) is 3.46. The van der Waals surface area contributed by atoms with Crippen molar-refractivity contribution in [1.82, 2.24) is 10.2 Å². The summed E-state index contributed by atoms with van der Waals surface area (Å²) in [5, 5.41) is 51.4. The number of aliphatic carboxylic acids is 1. The number of hydrogen-bond acceptors (Lipinski definition) is 20. The maximum Gasteiger partial charge on any atom is 0.694 e. The van der Waals surface area contributed by atoms with E-state index in [1.165, 1.54) is 149 Å². The monoisotopic (exact) mass is 1240 g/mol. The normalized spacial score (nSPS) is 18.8. The minimum atomic E-state index is -2.44. The van der Waals surface area contributed by atoms with Crippen molar-refractivity contribution in [3.05, 3.63) is 0 Å². The summed E-state index contributed by atoms with van der Waals surface area (Å²) in [5.74, 6) is -5.65. The fourth-order valence-corrected chi connectivity index (χ4v) is 9.42. The number of carbonyl (C=O) groups is 7. The molecule has 1 aliphatic heterocycles.